The zero-order valence-corrected chi connectivity index (χ0v) is 12.2. The average Bonchev–Trinajstić information content (AvgIpc) is 2.99. The van der Waals surface area contributed by atoms with Gasteiger partial charge in [0.25, 0.3) is 5.24 Å². The highest BCUT2D eigenvalue weighted by Gasteiger charge is 2.42. The minimum Gasteiger partial charge on any atom is -0.335 e. The molecule has 0 radical (unpaired) electrons. The maximum Gasteiger partial charge on any atom is 0.289 e. The van der Waals surface area contributed by atoms with Crippen molar-refractivity contribution in [2.45, 2.75) is 6.04 Å². The first-order chi connectivity index (χ1) is 9.65. The normalized spacial score (nSPS) is 20.0. The predicted octanol–water partition coefficient (Wildman–Crippen LogP) is 1.67. The van der Waals surface area contributed by atoms with Crippen molar-refractivity contribution < 1.29 is 14.4 Å². The molecule has 104 valence electrons. The lowest BCUT2D eigenvalue weighted by Gasteiger charge is -2.42. The number of thiophene rings is 1. The number of thioether (sulfide) groups is 1. The van der Waals surface area contributed by atoms with Gasteiger partial charge in [-0.25, -0.2) is 0 Å². The van der Waals surface area contributed by atoms with Crippen LogP contribution >= 0.6 is 23.1 Å². The van der Waals surface area contributed by atoms with E-state index in [2.05, 4.69) is 0 Å². The topological polar surface area (TPSA) is 57.7 Å². The number of imide groups is 1. The Hall–Kier alpha value is -1.60. The average molecular weight is 308 g/mol. The fourth-order valence-corrected chi connectivity index (χ4v) is 3.55. The molecule has 3 rings (SSSR count). The maximum atomic E-state index is 11.9. The summed E-state index contributed by atoms with van der Waals surface area (Å²) in [6, 6.07) is 3.71. The molecule has 0 aromatic carbocycles. The Morgan fingerprint density at radius 1 is 1.35 bits per heavy atom. The number of hydrogen-bond acceptors (Lipinski definition) is 5. The smallest absolute Gasteiger partial charge is 0.289 e. The summed E-state index contributed by atoms with van der Waals surface area (Å²) in [6.45, 7) is 0.872. The lowest BCUT2D eigenvalue weighted by Crippen LogP contribution is -2.61. The fraction of sp³-hybridized carbons (Fsp3) is 0.308. The molecule has 2 saturated heterocycles. The molecule has 0 spiro atoms. The first-order valence-electron chi connectivity index (χ1n) is 6.14. The second-order valence-corrected chi connectivity index (χ2v) is 6.47. The first-order valence-corrected chi connectivity index (χ1v) is 8.01. The number of nitrogens with zero attached hydrogens (tertiary/aromatic N) is 2. The van der Waals surface area contributed by atoms with Crippen molar-refractivity contribution >= 4 is 46.2 Å². The Labute approximate surface area is 124 Å². The summed E-state index contributed by atoms with van der Waals surface area (Å²) in [4.78, 5) is 38.9. The molecular weight excluding hydrogens is 296 g/mol. The second kappa shape index (κ2) is 5.41. The third-order valence-electron chi connectivity index (χ3n) is 3.26. The molecule has 0 unspecified atom stereocenters. The molecule has 0 N–H and O–H groups in total. The minimum absolute atomic E-state index is 0.0820. The van der Waals surface area contributed by atoms with Crippen molar-refractivity contribution in [1.29, 1.82) is 0 Å². The van der Waals surface area contributed by atoms with Gasteiger partial charge in [-0.1, -0.05) is 17.8 Å². The predicted molar refractivity (Wildman–Crippen MR) is 78.4 cm³/mol. The number of rotatable bonds is 3. The molecule has 3 amide bonds. The number of amides is 3. The minimum atomic E-state index is -0.193. The van der Waals surface area contributed by atoms with E-state index in [9.17, 15) is 14.4 Å². The van der Waals surface area contributed by atoms with Crippen LogP contribution < -0.4 is 0 Å². The third-order valence-corrected chi connectivity index (χ3v) is 4.93. The Bertz CT molecular complexity index is 560. The van der Waals surface area contributed by atoms with E-state index in [1.54, 1.807) is 22.3 Å². The van der Waals surface area contributed by atoms with E-state index >= 15 is 0 Å². The van der Waals surface area contributed by atoms with Gasteiger partial charge in [0.2, 0.25) is 11.8 Å². The molecular formula is C13H12N2O3S2. The van der Waals surface area contributed by atoms with Gasteiger partial charge in [-0.15, -0.1) is 11.3 Å². The summed E-state index contributed by atoms with van der Waals surface area (Å²) in [5, 5.41) is 1.76. The van der Waals surface area contributed by atoms with Gasteiger partial charge in [0.1, 0.15) is 0 Å². The van der Waals surface area contributed by atoms with Crippen LogP contribution in [0, 0.1) is 0 Å². The fourth-order valence-electron chi connectivity index (χ4n) is 2.16. The van der Waals surface area contributed by atoms with Gasteiger partial charge in [-0.3, -0.25) is 19.3 Å². The Balaban J connectivity index is 1.54. The first kappa shape index (κ1) is 13.4. The van der Waals surface area contributed by atoms with E-state index in [1.165, 1.54) is 11.0 Å². The zero-order chi connectivity index (χ0) is 14.1. The van der Waals surface area contributed by atoms with E-state index in [0.717, 1.165) is 16.6 Å². The summed E-state index contributed by atoms with van der Waals surface area (Å²) in [7, 11) is 0. The highest BCUT2D eigenvalue weighted by Crippen LogP contribution is 2.26. The number of carbonyl (C=O) groups excluding carboxylic acids is 3. The van der Waals surface area contributed by atoms with E-state index in [0.29, 0.717) is 13.1 Å². The zero-order valence-electron chi connectivity index (χ0n) is 10.5. The van der Waals surface area contributed by atoms with Crippen LogP contribution in [0.4, 0.5) is 4.79 Å². The highest BCUT2D eigenvalue weighted by atomic mass is 32.2. The summed E-state index contributed by atoms with van der Waals surface area (Å²) in [5.41, 5.74) is 0. The molecule has 1 aromatic rings. The summed E-state index contributed by atoms with van der Waals surface area (Å²) in [6.07, 6.45) is 3.31. The second-order valence-electron chi connectivity index (χ2n) is 4.56. The molecule has 0 aliphatic carbocycles. The van der Waals surface area contributed by atoms with Gasteiger partial charge in [0.05, 0.1) is 11.8 Å². The highest BCUT2D eigenvalue weighted by molar-refractivity contribution is 8.14. The summed E-state index contributed by atoms with van der Waals surface area (Å²) in [5.74, 6) is -0.00528. The SMILES string of the molecule is O=C(/C=C/c1cccs1)N1CC(N2C(=O)CSC2=O)C1. The lowest BCUT2D eigenvalue weighted by molar-refractivity contribution is -0.138. The van der Waals surface area contributed by atoms with Crippen molar-refractivity contribution in [3.8, 4) is 0 Å². The summed E-state index contributed by atoms with van der Waals surface area (Å²) < 4.78 is 0. The van der Waals surface area contributed by atoms with Crippen LogP contribution in [0.25, 0.3) is 6.08 Å². The Morgan fingerprint density at radius 3 is 2.75 bits per heavy atom. The van der Waals surface area contributed by atoms with Gasteiger partial charge in [0.15, 0.2) is 0 Å². The van der Waals surface area contributed by atoms with Crippen LogP contribution in [0.15, 0.2) is 23.6 Å². The van der Waals surface area contributed by atoms with E-state index in [4.69, 9.17) is 0 Å². The molecule has 2 fully saturated rings. The van der Waals surface area contributed by atoms with Crippen molar-refractivity contribution in [3.05, 3.63) is 28.5 Å². The summed E-state index contributed by atoms with van der Waals surface area (Å²) >= 11 is 2.60. The molecule has 1 aromatic heterocycles. The molecule has 7 heteroatoms. The lowest BCUT2D eigenvalue weighted by atomic mass is 10.1. The van der Waals surface area contributed by atoms with Crippen molar-refractivity contribution in [3.63, 3.8) is 0 Å². The van der Waals surface area contributed by atoms with Crippen molar-refractivity contribution in [1.82, 2.24) is 9.80 Å². The molecule has 2 aliphatic rings. The number of likely N-dealkylation sites (tertiary alicyclic amines) is 1. The van der Waals surface area contributed by atoms with Crippen LogP contribution in [-0.4, -0.2) is 51.7 Å². The van der Waals surface area contributed by atoms with Crippen molar-refractivity contribution in [2.24, 2.45) is 0 Å². The number of hydrogen-bond donors (Lipinski definition) is 0. The van der Waals surface area contributed by atoms with Gasteiger partial charge < -0.3 is 4.90 Å². The molecule has 5 nitrogen and oxygen atoms in total. The molecule has 3 heterocycles. The van der Waals surface area contributed by atoms with Gasteiger partial charge >= 0.3 is 0 Å². The maximum absolute atomic E-state index is 11.9. The van der Waals surface area contributed by atoms with Crippen LogP contribution in [0.1, 0.15) is 4.88 Å². The van der Waals surface area contributed by atoms with Crippen LogP contribution in [0.5, 0.6) is 0 Å². The quantitative estimate of drug-likeness (QED) is 0.797. The Kier molecular flexibility index (Phi) is 3.62. The van der Waals surface area contributed by atoms with Crippen LogP contribution in [0.3, 0.4) is 0 Å². The van der Waals surface area contributed by atoms with Gasteiger partial charge in [-0.2, -0.15) is 0 Å². The standard InChI is InChI=1S/C13H12N2O3S2/c16-11(4-3-10-2-1-5-19-10)14-6-9(7-14)15-12(17)8-20-13(15)18/h1-5,9H,6-8H2/b4-3+. The van der Waals surface area contributed by atoms with Crippen LogP contribution in [-0.2, 0) is 9.59 Å². The van der Waals surface area contributed by atoms with E-state index in [-0.39, 0.29) is 28.8 Å². The van der Waals surface area contributed by atoms with Gasteiger partial charge in [-0.05, 0) is 17.5 Å². The molecule has 0 saturated carbocycles. The third kappa shape index (κ3) is 2.51. The van der Waals surface area contributed by atoms with Gasteiger partial charge in [0, 0.05) is 24.0 Å². The molecule has 0 atom stereocenters. The molecule has 0 bridgehead atoms. The largest absolute Gasteiger partial charge is 0.335 e. The monoisotopic (exact) mass is 308 g/mol. The molecule has 20 heavy (non-hydrogen) atoms. The van der Waals surface area contributed by atoms with E-state index < -0.39 is 0 Å². The van der Waals surface area contributed by atoms with Crippen LogP contribution in [0.2, 0.25) is 0 Å². The van der Waals surface area contributed by atoms with Crippen molar-refractivity contribution in [2.75, 3.05) is 18.8 Å². The Morgan fingerprint density at radius 2 is 2.15 bits per heavy atom. The number of carbonyl (C=O) groups is 3. The molecule has 2 aliphatic heterocycles. The van der Waals surface area contributed by atoms with E-state index in [1.807, 2.05) is 17.5 Å².